The highest BCUT2D eigenvalue weighted by Gasteiger charge is 2.29. The first-order valence-electron chi connectivity index (χ1n) is 6.57. The first-order chi connectivity index (χ1) is 10.9. The summed E-state index contributed by atoms with van der Waals surface area (Å²) in [5.74, 6) is 1.25. The fourth-order valence-corrected chi connectivity index (χ4v) is 2.25. The van der Waals surface area contributed by atoms with E-state index in [-0.39, 0.29) is 11.9 Å². The summed E-state index contributed by atoms with van der Waals surface area (Å²) in [6, 6.07) is 9.84. The normalized spacial score (nSPS) is 12.8. The molecule has 0 bridgehead atoms. The van der Waals surface area contributed by atoms with Crippen LogP contribution < -0.4 is 20.1 Å². The van der Waals surface area contributed by atoms with Crippen molar-refractivity contribution in [3.8, 4) is 11.5 Å². The van der Waals surface area contributed by atoms with Gasteiger partial charge in [-0.25, -0.2) is 0 Å². The Morgan fingerprint density at radius 3 is 2.22 bits per heavy atom. The van der Waals surface area contributed by atoms with Crippen molar-refractivity contribution in [3.05, 3.63) is 48.0 Å². The van der Waals surface area contributed by atoms with Crippen molar-refractivity contribution in [2.24, 2.45) is 0 Å². The molecule has 2 aromatic rings. The molecule has 0 radical (unpaired) electrons. The maximum atomic E-state index is 12.5. The van der Waals surface area contributed by atoms with Gasteiger partial charge >= 0.3 is 6.18 Å². The van der Waals surface area contributed by atoms with Crippen molar-refractivity contribution in [1.82, 2.24) is 0 Å². The molecule has 8 heteroatoms. The fraction of sp³-hybridized carbons (Fsp3) is 0.133. The number of nitrogens with one attached hydrogen (secondary N) is 2. The molecule has 2 aromatic carbocycles. The van der Waals surface area contributed by atoms with Gasteiger partial charge in [0.05, 0.1) is 5.56 Å². The van der Waals surface area contributed by atoms with Gasteiger partial charge < -0.3 is 20.1 Å². The molecule has 1 aliphatic heterocycles. The minimum absolute atomic E-state index is 0.174. The van der Waals surface area contributed by atoms with E-state index in [1.54, 1.807) is 18.2 Å². The molecule has 1 aliphatic rings. The highest BCUT2D eigenvalue weighted by Crippen LogP contribution is 2.34. The summed E-state index contributed by atoms with van der Waals surface area (Å²) in [5, 5.41) is 6.00. The number of ether oxygens (including phenoxy) is 2. The molecule has 0 saturated heterocycles. The number of anilines is 2. The second kappa shape index (κ2) is 5.96. The van der Waals surface area contributed by atoms with Crippen molar-refractivity contribution >= 4 is 28.7 Å². The van der Waals surface area contributed by atoms with Gasteiger partial charge in [-0.3, -0.25) is 0 Å². The highest BCUT2D eigenvalue weighted by molar-refractivity contribution is 7.80. The minimum atomic E-state index is -4.36. The van der Waals surface area contributed by atoms with E-state index in [1.165, 1.54) is 12.1 Å². The summed E-state index contributed by atoms with van der Waals surface area (Å²) in [4.78, 5) is 0. The summed E-state index contributed by atoms with van der Waals surface area (Å²) in [6.07, 6.45) is -4.36. The first kappa shape index (κ1) is 15.4. The lowest BCUT2D eigenvalue weighted by atomic mass is 10.2. The van der Waals surface area contributed by atoms with Crippen molar-refractivity contribution in [2.45, 2.75) is 6.18 Å². The standard InChI is InChI=1S/C15H11F3N2O2S/c16-15(17,18)9-1-3-10(4-2-9)19-14(23)20-11-5-6-12-13(7-11)22-8-21-12/h1-7H,8H2,(H2,19,20,23). The van der Waals surface area contributed by atoms with Gasteiger partial charge in [0.15, 0.2) is 16.6 Å². The Bertz CT molecular complexity index is 732. The summed E-state index contributed by atoms with van der Waals surface area (Å²) in [7, 11) is 0. The maximum absolute atomic E-state index is 12.5. The van der Waals surface area contributed by atoms with Crippen LogP contribution in [-0.2, 0) is 6.18 Å². The zero-order chi connectivity index (χ0) is 16.4. The number of hydrogen-bond acceptors (Lipinski definition) is 3. The van der Waals surface area contributed by atoms with Gasteiger partial charge in [-0.15, -0.1) is 0 Å². The van der Waals surface area contributed by atoms with Gasteiger partial charge in [0, 0.05) is 17.4 Å². The summed E-state index contributed by atoms with van der Waals surface area (Å²) in [5.41, 5.74) is 0.424. The number of fused-ring (bicyclic) bond motifs is 1. The van der Waals surface area contributed by atoms with Crippen LogP contribution in [0, 0.1) is 0 Å². The molecule has 0 unspecified atom stereocenters. The fourth-order valence-electron chi connectivity index (χ4n) is 2.01. The molecule has 1 heterocycles. The lowest BCUT2D eigenvalue weighted by Gasteiger charge is -2.12. The number of rotatable bonds is 2. The second-order valence-electron chi connectivity index (χ2n) is 4.72. The first-order valence-corrected chi connectivity index (χ1v) is 6.97. The Kier molecular flexibility index (Phi) is 3.99. The van der Waals surface area contributed by atoms with Crippen LogP contribution >= 0.6 is 12.2 Å². The monoisotopic (exact) mass is 340 g/mol. The van der Waals surface area contributed by atoms with E-state index in [9.17, 15) is 13.2 Å². The Hall–Kier alpha value is -2.48. The molecule has 4 nitrogen and oxygen atoms in total. The number of alkyl halides is 3. The Labute approximate surface area is 135 Å². The van der Waals surface area contributed by atoms with Gasteiger partial charge in [-0.1, -0.05) is 0 Å². The molecular weight excluding hydrogens is 329 g/mol. The second-order valence-corrected chi connectivity index (χ2v) is 5.13. The summed E-state index contributed by atoms with van der Waals surface area (Å²) in [6.45, 7) is 0.174. The van der Waals surface area contributed by atoms with Crippen LogP contribution in [0.1, 0.15) is 5.56 Å². The van der Waals surface area contributed by atoms with Gasteiger partial charge in [0.1, 0.15) is 0 Å². The molecule has 0 fully saturated rings. The zero-order valence-electron chi connectivity index (χ0n) is 11.6. The largest absolute Gasteiger partial charge is 0.454 e. The Morgan fingerprint density at radius 2 is 1.52 bits per heavy atom. The highest BCUT2D eigenvalue weighted by atomic mass is 32.1. The maximum Gasteiger partial charge on any atom is 0.416 e. The zero-order valence-corrected chi connectivity index (χ0v) is 12.4. The van der Waals surface area contributed by atoms with E-state index < -0.39 is 11.7 Å². The van der Waals surface area contributed by atoms with Crippen LogP contribution in [0.4, 0.5) is 24.5 Å². The van der Waals surface area contributed by atoms with E-state index in [0.717, 1.165) is 12.1 Å². The SMILES string of the molecule is FC(F)(F)c1ccc(NC(=S)Nc2ccc3c(c2)OCO3)cc1. The van der Waals surface area contributed by atoms with E-state index in [2.05, 4.69) is 10.6 Å². The topological polar surface area (TPSA) is 42.5 Å². The van der Waals surface area contributed by atoms with E-state index >= 15 is 0 Å². The average molecular weight is 340 g/mol. The Morgan fingerprint density at radius 1 is 0.913 bits per heavy atom. The number of halogens is 3. The smallest absolute Gasteiger partial charge is 0.416 e. The van der Waals surface area contributed by atoms with Crippen LogP contribution in [-0.4, -0.2) is 11.9 Å². The summed E-state index contributed by atoms with van der Waals surface area (Å²) >= 11 is 5.14. The van der Waals surface area contributed by atoms with Crippen LogP contribution in [0.5, 0.6) is 11.5 Å². The molecule has 0 saturated carbocycles. The average Bonchev–Trinajstić information content (AvgIpc) is 2.94. The lowest BCUT2D eigenvalue weighted by molar-refractivity contribution is -0.137. The van der Waals surface area contributed by atoms with Crippen molar-refractivity contribution in [2.75, 3.05) is 17.4 Å². The van der Waals surface area contributed by atoms with Gasteiger partial charge in [-0.2, -0.15) is 13.2 Å². The van der Waals surface area contributed by atoms with E-state index in [1.807, 2.05) is 0 Å². The molecule has 0 aromatic heterocycles. The van der Waals surface area contributed by atoms with Gasteiger partial charge in [0.2, 0.25) is 6.79 Å². The molecule has 2 N–H and O–H groups in total. The van der Waals surface area contributed by atoms with Gasteiger partial charge in [-0.05, 0) is 48.6 Å². The predicted octanol–water partition coefficient (Wildman–Crippen LogP) is 4.24. The number of benzene rings is 2. The predicted molar refractivity (Wildman–Crippen MR) is 83.9 cm³/mol. The third-order valence-corrected chi connectivity index (χ3v) is 3.30. The Balaban J connectivity index is 1.63. The van der Waals surface area contributed by atoms with Crippen LogP contribution in [0.25, 0.3) is 0 Å². The van der Waals surface area contributed by atoms with Crippen LogP contribution in [0.3, 0.4) is 0 Å². The van der Waals surface area contributed by atoms with Crippen LogP contribution in [0.2, 0.25) is 0 Å². The van der Waals surface area contributed by atoms with Crippen molar-refractivity contribution in [1.29, 1.82) is 0 Å². The third kappa shape index (κ3) is 3.65. The molecule has 3 rings (SSSR count). The summed E-state index contributed by atoms with van der Waals surface area (Å²) < 4.78 is 47.9. The molecule has 120 valence electrons. The van der Waals surface area contributed by atoms with E-state index in [0.29, 0.717) is 22.9 Å². The molecule has 0 amide bonds. The molecular formula is C15H11F3N2O2S. The number of thiocarbonyl (C=S) groups is 1. The third-order valence-electron chi connectivity index (χ3n) is 3.10. The van der Waals surface area contributed by atoms with Crippen molar-refractivity contribution < 1.29 is 22.6 Å². The minimum Gasteiger partial charge on any atom is -0.454 e. The molecule has 23 heavy (non-hydrogen) atoms. The molecule has 0 aliphatic carbocycles. The quantitative estimate of drug-likeness (QED) is 0.801. The van der Waals surface area contributed by atoms with Crippen LogP contribution in [0.15, 0.2) is 42.5 Å². The molecule has 0 atom stereocenters. The van der Waals surface area contributed by atoms with E-state index in [4.69, 9.17) is 21.7 Å². The molecule has 0 spiro atoms. The van der Waals surface area contributed by atoms with Gasteiger partial charge in [0.25, 0.3) is 0 Å². The number of hydrogen-bond donors (Lipinski definition) is 2. The van der Waals surface area contributed by atoms with Crippen molar-refractivity contribution in [3.63, 3.8) is 0 Å². The lowest BCUT2D eigenvalue weighted by Crippen LogP contribution is -2.19.